The maximum absolute atomic E-state index is 11.5. The molecule has 62 valence electrons. The summed E-state index contributed by atoms with van der Waals surface area (Å²) >= 11 is 0. The molecule has 4 nitrogen and oxygen atoms in total. The van der Waals surface area contributed by atoms with Crippen LogP contribution in [0, 0.1) is 6.92 Å². The fraction of sp³-hybridized carbons (Fsp3) is 0.250. The van der Waals surface area contributed by atoms with Crippen molar-refractivity contribution in [2.24, 2.45) is 7.05 Å². The van der Waals surface area contributed by atoms with Gasteiger partial charge in [0.25, 0.3) is 5.56 Å². The van der Waals surface area contributed by atoms with Crippen molar-refractivity contribution in [2.45, 2.75) is 6.92 Å². The molecule has 2 aromatic rings. The molecule has 12 heavy (non-hydrogen) atoms. The average molecular weight is 163 g/mol. The van der Waals surface area contributed by atoms with Gasteiger partial charge in [0, 0.05) is 13.2 Å². The highest BCUT2D eigenvalue weighted by atomic mass is 16.1. The van der Waals surface area contributed by atoms with Crippen LogP contribution < -0.4 is 5.56 Å². The van der Waals surface area contributed by atoms with Crippen molar-refractivity contribution < 1.29 is 0 Å². The summed E-state index contributed by atoms with van der Waals surface area (Å²) in [5.41, 5.74) is 1.28. The van der Waals surface area contributed by atoms with Crippen LogP contribution >= 0.6 is 0 Å². The molecule has 2 heterocycles. The molecule has 0 spiro atoms. The number of H-pyrrole nitrogens is 1. The van der Waals surface area contributed by atoms with Gasteiger partial charge in [0.05, 0.1) is 5.52 Å². The summed E-state index contributed by atoms with van der Waals surface area (Å²) in [5, 5.41) is 0. The normalized spacial score (nSPS) is 10.8. The van der Waals surface area contributed by atoms with Gasteiger partial charge in [0.1, 0.15) is 11.3 Å². The predicted molar refractivity (Wildman–Crippen MR) is 46.1 cm³/mol. The molecule has 0 aromatic carbocycles. The molecule has 0 aliphatic carbocycles. The number of nitrogens with zero attached hydrogens (tertiary/aromatic N) is 2. The Morgan fingerprint density at radius 3 is 3.08 bits per heavy atom. The molecule has 0 saturated heterocycles. The Kier molecular flexibility index (Phi) is 1.30. The minimum absolute atomic E-state index is 0.0255. The fourth-order valence-electron chi connectivity index (χ4n) is 1.19. The average Bonchev–Trinajstić information content (AvgIpc) is 2.48. The summed E-state index contributed by atoms with van der Waals surface area (Å²) in [4.78, 5) is 18.6. The van der Waals surface area contributed by atoms with Crippen LogP contribution in [0.4, 0.5) is 0 Å². The van der Waals surface area contributed by atoms with Crippen LogP contribution in [0.3, 0.4) is 0 Å². The number of fused-ring (bicyclic) bond motifs is 1. The Labute approximate surface area is 68.9 Å². The highest BCUT2D eigenvalue weighted by Gasteiger charge is 2.04. The van der Waals surface area contributed by atoms with Gasteiger partial charge in [-0.05, 0) is 13.0 Å². The molecule has 0 amide bonds. The Morgan fingerprint density at radius 2 is 2.33 bits per heavy atom. The number of hydrogen-bond donors (Lipinski definition) is 1. The lowest BCUT2D eigenvalue weighted by Crippen LogP contribution is -2.20. The molecule has 2 rings (SSSR count). The van der Waals surface area contributed by atoms with Gasteiger partial charge < -0.3 is 4.98 Å². The molecular weight excluding hydrogens is 154 g/mol. The molecule has 1 N–H and O–H groups in total. The van der Waals surface area contributed by atoms with Gasteiger partial charge in [-0.3, -0.25) is 9.36 Å². The molecule has 0 aliphatic heterocycles. The lowest BCUT2D eigenvalue weighted by Gasteiger charge is -2.00. The number of aromatic amines is 1. The summed E-state index contributed by atoms with van der Waals surface area (Å²) in [5.74, 6) is 0.729. The first-order valence-electron chi connectivity index (χ1n) is 3.71. The van der Waals surface area contributed by atoms with E-state index in [1.165, 1.54) is 4.57 Å². The molecule has 0 unspecified atom stereocenters. The third-order valence-corrected chi connectivity index (χ3v) is 2.01. The topological polar surface area (TPSA) is 50.7 Å². The molecule has 0 fully saturated rings. The first-order chi connectivity index (χ1) is 5.70. The first-order valence-corrected chi connectivity index (χ1v) is 3.71. The third-order valence-electron chi connectivity index (χ3n) is 2.01. The number of rotatable bonds is 0. The van der Waals surface area contributed by atoms with Crippen molar-refractivity contribution in [2.75, 3.05) is 0 Å². The van der Waals surface area contributed by atoms with Gasteiger partial charge in [0.2, 0.25) is 0 Å². The minimum Gasteiger partial charge on any atom is -0.355 e. The number of aromatic nitrogens is 3. The minimum atomic E-state index is -0.0255. The molecule has 0 atom stereocenters. The zero-order chi connectivity index (χ0) is 8.72. The zero-order valence-electron chi connectivity index (χ0n) is 6.96. The van der Waals surface area contributed by atoms with E-state index in [2.05, 4.69) is 9.97 Å². The van der Waals surface area contributed by atoms with E-state index in [4.69, 9.17) is 0 Å². The van der Waals surface area contributed by atoms with Crippen molar-refractivity contribution in [3.63, 3.8) is 0 Å². The van der Waals surface area contributed by atoms with Crippen molar-refractivity contribution in [1.82, 2.24) is 14.5 Å². The number of nitrogens with one attached hydrogen (secondary N) is 1. The SMILES string of the molecule is Cc1nc2cc[nH]c2c(=O)n1C. The van der Waals surface area contributed by atoms with Gasteiger partial charge in [-0.15, -0.1) is 0 Å². The highest BCUT2D eigenvalue weighted by molar-refractivity contribution is 5.73. The van der Waals surface area contributed by atoms with E-state index in [0.29, 0.717) is 5.52 Å². The second-order valence-corrected chi connectivity index (χ2v) is 2.76. The number of aryl methyl sites for hydroxylation is 1. The van der Waals surface area contributed by atoms with Gasteiger partial charge in [-0.25, -0.2) is 4.98 Å². The van der Waals surface area contributed by atoms with Crippen LogP contribution in [-0.2, 0) is 7.05 Å². The summed E-state index contributed by atoms with van der Waals surface area (Å²) in [7, 11) is 1.71. The monoisotopic (exact) mass is 163 g/mol. The van der Waals surface area contributed by atoms with E-state index in [1.807, 2.05) is 6.92 Å². The van der Waals surface area contributed by atoms with E-state index in [1.54, 1.807) is 19.3 Å². The van der Waals surface area contributed by atoms with Gasteiger partial charge in [-0.2, -0.15) is 0 Å². The van der Waals surface area contributed by atoms with Crippen LogP contribution in [0.1, 0.15) is 5.82 Å². The quantitative estimate of drug-likeness (QED) is 0.617. The molecule has 4 heteroatoms. The Bertz CT molecular complexity index is 480. The van der Waals surface area contributed by atoms with Crippen LogP contribution in [-0.4, -0.2) is 14.5 Å². The van der Waals surface area contributed by atoms with E-state index in [0.717, 1.165) is 11.3 Å². The van der Waals surface area contributed by atoms with Gasteiger partial charge in [0.15, 0.2) is 0 Å². The van der Waals surface area contributed by atoms with Crippen LogP contribution in [0.15, 0.2) is 17.1 Å². The standard InChI is InChI=1S/C8H9N3O/c1-5-10-6-3-4-9-7(6)8(12)11(5)2/h3-4,9H,1-2H3. The smallest absolute Gasteiger partial charge is 0.277 e. The molecular formula is C8H9N3O. The summed E-state index contributed by atoms with van der Waals surface area (Å²) in [6, 6.07) is 1.80. The van der Waals surface area contributed by atoms with Crippen LogP contribution in [0.5, 0.6) is 0 Å². The summed E-state index contributed by atoms with van der Waals surface area (Å²) < 4.78 is 1.53. The fourth-order valence-corrected chi connectivity index (χ4v) is 1.19. The molecule has 0 radical (unpaired) electrons. The largest absolute Gasteiger partial charge is 0.355 e. The van der Waals surface area contributed by atoms with E-state index >= 15 is 0 Å². The second kappa shape index (κ2) is 2.20. The molecule has 0 bridgehead atoms. The van der Waals surface area contributed by atoms with E-state index in [9.17, 15) is 4.79 Å². The van der Waals surface area contributed by atoms with Crippen molar-refractivity contribution in [3.05, 3.63) is 28.4 Å². The summed E-state index contributed by atoms with van der Waals surface area (Å²) in [6.45, 7) is 1.81. The zero-order valence-corrected chi connectivity index (χ0v) is 6.96. The highest BCUT2D eigenvalue weighted by Crippen LogP contribution is 2.03. The Balaban J connectivity index is 3.05. The molecule has 2 aromatic heterocycles. The Morgan fingerprint density at radius 1 is 1.58 bits per heavy atom. The number of hydrogen-bond acceptors (Lipinski definition) is 2. The van der Waals surface area contributed by atoms with E-state index in [-0.39, 0.29) is 5.56 Å². The molecule has 0 saturated carbocycles. The van der Waals surface area contributed by atoms with Crippen molar-refractivity contribution in [1.29, 1.82) is 0 Å². The van der Waals surface area contributed by atoms with Crippen molar-refractivity contribution in [3.8, 4) is 0 Å². The Hall–Kier alpha value is -1.58. The summed E-state index contributed by atoms with van der Waals surface area (Å²) in [6.07, 6.45) is 1.72. The third kappa shape index (κ3) is 0.777. The lowest BCUT2D eigenvalue weighted by molar-refractivity contribution is 0.791. The molecule has 0 aliphatic rings. The van der Waals surface area contributed by atoms with E-state index < -0.39 is 0 Å². The van der Waals surface area contributed by atoms with Gasteiger partial charge >= 0.3 is 0 Å². The first kappa shape index (κ1) is 7.09. The van der Waals surface area contributed by atoms with Crippen LogP contribution in [0.2, 0.25) is 0 Å². The lowest BCUT2D eigenvalue weighted by atomic mass is 10.4. The van der Waals surface area contributed by atoms with Crippen molar-refractivity contribution >= 4 is 11.0 Å². The van der Waals surface area contributed by atoms with Crippen LogP contribution in [0.25, 0.3) is 11.0 Å². The maximum atomic E-state index is 11.5. The van der Waals surface area contributed by atoms with Gasteiger partial charge in [-0.1, -0.05) is 0 Å². The second-order valence-electron chi connectivity index (χ2n) is 2.76. The predicted octanol–water partition coefficient (Wildman–Crippen LogP) is 0.570. The maximum Gasteiger partial charge on any atom is 0.277 e.